The standard InChI is InChI=1S/C16H22O5/c17-14-1-2-15(3-4-18-14)19-16(21-20-15)12-6-10-5-11(8-12)9-13(16)7-10/h10-13H,1-9H2. The van der Waals surface area contributed by atoms with Crippen molar-refractivity contribution in [1.29, 1.82) is 0 Å². The van der Waals surface area contributed by atoms with E-state index in [-0.39, 0.29) is 5.97 Å². The molecule has 21 heavy (non-hydrogen) atoms. The van der Waals surface area contributed by atoms with E-state index in [0.717, 1.165) is 11.8 Å². The molecule has 0 amide bonds. The summed E-state index contributed by atoms with van der Waals surface area (Å²) in [7, 11) is 0. The SMILES string of the molecule is O=C1CCC2(CCO1)OOC1(O2)C2CC3CC(C2)CC1C3. The number of esters is 1. The molecule has 0 aromatic heterocycles. The average molecular weight is 294 g/mol. The molecule has 4 bridgehead atoms. The van der Waals surface area contributed by atoms with Gasteiger partial charge in [0, 0.05) is 24.7 Å². The highest BCUT2D eigenvalue weighted by atomic mass is 17.3. The maximum atomic E-state index is 11.5. The van der Waals surface area contributed by atoms with Crippen molar-refractivity contribution in [2.45, 2.75) is 62.9 Å². The number of hydrogen-bond donors (Lipinski definition) is 0. The van der Waals surface area contributed by atoms with Gasteiger partial charge in [-0.3, -0.25) is 4.79 Å². The van der Waals surface area contributed by atoms with E-state index in [1.54, 1.807) is 0 Å². The first-order valence-corrected chi connectivity index (χ1v) is 8.40. The van der Waals surface area contributed by atoms with Gasteiger partial charge >= 0.3 is 5.97 Å². The number of ether oxygens (including phenoxy) is 2. The first-order valence-electron chi connectivity index (χ1n) is 8.40. The van der Waals surface area contributed by atoms with Crippen LogP contribution in [-0.2, 0) is 24.0 Å². The van der Waals surface area contributed by atoms with Crippen LogP contribution in [0, 0.1) is 23.7 Å². The minimum Gasteiger partial charge on any atom is -0.465 e. The molecule has 2 spiro atoms. The van der Waals surface area contributed by atoms with Crippen molar-refractivity contribution < 1.29 is 24.0 Å². The first-order chi connectivity index (χ1) is 10.2. The molecule has 0 N–H and O–H groups in total. The van der Waals surface area contributed by atoms with Gasteiger partial charge in [-0.2, -0.15) is 9.78 Å². The molecule has 6 rings (SSSR count). The zero-order valence-electron chi connectivity index (χ0n) is 12.2. The van der Waals surface area contributed by atoms with Crippen LogP contribution in [0.3, 0.4) is 0 Å². The Labute approximate surface area is 124 Å². The first kappa shape index (κ1) is 12.9. The largest absolute Gasteiger partial charge is 0.465 e. The Morgan fingerprint density at radius 1 is 0.905 bits per heavy atom. The fourth-order valence-electron chi connectivity index (χ4n) is 5.61. The molecule has 2 heterocycles. The number of rotatable bonds is 0. The predicted molar refractivity (Wildman–Crippen MR) is 70.6 cm³/mol. The number of carbonyl (C=O) groups is 1. The molecule has 6 aliphatic rings. The maximum absolute atomic E-state index is 11.5. The second-order valence-corrected chi connectivity index (χ2v) is 7.68. The highest BCUT2D eigenvalue weighted by Crippen LogP contribution is 2.63. The van der Waals surface area contributed by atoms with Gasteiger partial charge in [-0.1, -0.05) is 0 Å². The zero-order valence-corrected chi connectivity index (χ0v) is 12.2. The Morgan fingerprint density at radius 2 is 1.62 bits per heavy atom. The third-order valence-corrected chi connectivity index (χ3v) is 6.40. The Kier molecular flexibility index (Phi) is 2.57. The van der Waals surface area contributed by atoms with Crippen molar-refractivity contribution >= 4 is 5.97 Å². The average Bonchev–Trinajstić information content (AvgIpc) is 2.73. The van der Waals surface area contributed by atoms with E-state index in [0.29, 0.717) is 37.7 Å². The number of hydrogen-bond acceptors (Lipinski definition) is 5. The monoisotopic (exact) mass is 294 g/mol. The molecule has 2 aliphatic heterocycles. The topological polar surface area (TPSA) is 54.0 Å². The van der Waals surface area contributed by atoms with E-state index in [2.05, 4.69) is 0 Å². The number of cyclic esters (lactones) is 1. The summed E-state index contributed by atoms with van der Waals surface area (Å²) >= 11 is 0. The Hall–Kier alpha value is -0.650. The van der Waals surface area contributed by atoms with E-state index in [4.69, 9.17) is 19.2 Å². The van der Waals surface area contributed by atoms with Crippen LogP contribution < -0.4 is 0 Å². The maximum Gasteiger partial charge on any atom is 0.305 e. The lowest BCUT2D eigenvalue weighted by atomic mass is 9.53. The summed E-state index contributed by atoms with van der Waals surface area (Å²) in [6.45, 7) is 0.360. The molecule has 2 saturated heterocycles. The van der Waals surface area contributed by atoms with Crippen LogP contribution in [0.4, 0.5) is 0 Å². The molecule has 5 heteroatoms. The lowest BCUT2D eigenvalue weighted by Gasteiger charge is -2.57. The molecular formula is C16H22O5. The summed E-state index contributed by atoms with van der Waals surface area (Å²) < 4.78 is 11.6. The minimum atomic E-state index is -0.762. The van der Waals surface area contributed by atoms with E-state index in [1.807, 2.05) is 0 Å². The summed E-state index contributed by atoms with van der Waals surface area (Å²) in [5.74, 6) is 1.19. The fraction of sp³-hybridized carbons (Fsp3) is 0.938. The Bertz CT molecular complexity index is 447. The van der Waals surface area contributed by atoms with Crippen LogP contribution in [0.2, 0.25) is 0 Å². The fourth-order valence-corrected chi connectivity index (χ4v) is 5.61. The summed E-state index contributed by atoms with van der Waals surface area (Å²) in [6, 6.07) is 0. The van der Waals surface area contributed by atoms with Crippen LogP contribution in [-0.4, -0.2) is 24.2 Å². The van der Waals surface area contributed by atoms with Crippen LogP contribution in [0.25, 0.3) is 0 Å². The van der Waals surface area contributed by atoms with E-state index in [1.165, 1.54) is 32.1 Å². The van der Waals surface area contributed by atoms with Crippen molar-refractivity contribution in [3.8, 4) is 0 Å². The number of carbonyl (C=O) groups excluding carboxylic acids is 1. The highest BCUT2D eigenvalue weighted by molar-refractivity contribution is 5.69. The molecule has 0 radical (unpaired) electrons. The normalized spacial score (nSPS) is 55.1. The van der Waals surface area contributed by atoms with Gasteiger partial charge in [0.25, 0.3) is 0 Å². The van der Waals surface area contributed by atoms with Crippen LogP contribution >= 0.6 is 0 Å². The third kappa shape index (κ3) is 1.77. The molecule has 0 aromatic rings. The van der Waals surface area contributed by atoms with E-state index >= 15 is 0 Å². The van der Waals surface area contributed by atoms with E-state index in [9.17, 15) is 4.79 Å². The Balaban J connectivity index is 1.43. The summed E-state index contributed by atoms with van der Waals surface area (Å²) in [5.41, 5.74) is 0. The molecule has 0 aromatic carbocycles. The quantitative estimate of drug-likeness (QED) is 0.507. The lowest BCUT2D eigenvalue weighted by Crippen LogP contribution is -2.59. The smallest absolute Gasteiger partial charge is 0.305 e. The minimum absolute atomic E-state index is 0.162. The van der Waals surface area contributed by atoms with Crippen molar-refractivity contribution in [3.63, 3.8) is 0 Å². The molecule has 1 unspecified atom stereocenters. The summed E-state index contributed by atoms with van der Waals surface area (Å²) in [5, 5.41) is 0. The highest BCUT2D eigenvalue weighted by Gasteiger charge is 2.66. The Morgan fingerprint density at radius 3 is 2.33 bits per heavy atom. The predicted octanol–water partition coefficient (Wildman–Crippen LogP) is 2.54. The van der Waals surface area contributed by atoms with Crippen molar-refractivity contribution in [3.05, 3.63) is 0 Å². The molecule has 116 valence electrons. The van der Waals surface area contributed by atoms with Crippen LogP contribution in [0.1, 0.15) is 51.4 Å². The summed E-state index contributed by atoms with van der Waals surface area (Å²) in [4.78, 5) is 23.1. The second-order valence-electron chi connectivity index (χ2n) is 7.68. The lowest BCUT2D eigenvalue weighted by molar-refractivity contribution is -0.389. The molecular weight excluding hydrogens is 272 g/mol. The van der Waals surface area contributed by atoms with Crippen LogP contribution in [0.5, 0.6) is 0 Å². The van der Waals surface area contributed by atoms with Gasteiger partial charge in [-0.05, 0) is 43.9 Å². The van der Waals surface area contributed by atoms with Gasteiger partial charge in [-0.25, -0.2) is 0 Å². The van der Waals surface area contributed by atoms with Crippen molar-refractivity contribution in [1.82, 2.24) is 0 Å². The third-order valence-electron chi connectivity index (χ3n) is 6.40. The summed E-state index contributed by atoms with van der Waals surface area (Å²) in [6.07, 6.45) is 7.71. The molecule has 6 fully saturated rings. The van der Waals surface area contributed by atoms with Gasteiger partial charge in [-0.15, -0.1) is 0 Å². The van der Waals surface area contributed by atoms with Crippen molar-refractivity contribution in [2.24, 2.45) is 23.7 Å². The van der Waals surface area contributed by atoms with Gasteiger partial charge in [0.05, 0.1) is 13.0 Å². The molecule has 4 aliphatic carbocycles. The van der Waals surface area contributed by atoms with E-state index < -0.39 is 11.6 Å². The molecule has 1 atom stereocenters. The van der Waals surface area contributed by atoms with Crippen molar-refractivity contribution in [2.75, 3.05) is 6.61 Å². The second kappa shape index (κ2) is 4.21. The van der Waals surface area contributed by atoms with Crippen LogP contribution in [0.15, 0.2) is 0 Å². The van der Waals surface area contributed by atoms with Gasteiger partial charge < -0.3 is 9.47 Å². The zero-order chi connectivity index (χ0) is 14.1. The van der Waals surface area contributed by atoms with Gasteiger partial charge in [0.15, 0.2) is 0 Å². The van der Waals surface area contributed by atoms with Gasteiger partial charge in [0.2, 0.25) is 11.6 Å². The van der Waals surface area contributed by atoms with Gasteiger partial charge in [0.1, 0.15) is 0 Å². The molecule has 5 nitrogen and oxygen atoms in total. The molecule has 4 saturated carbocycles.